The Labute approximate surface area is 194 Å². The lowest BCUT2D eigenvalue weighted by molar-refractivity contribution is -0.154. The van der Waals surface area contributed by atoms with Crippen LogP contribution in [0.2, 0.25) is 0 Å². The van der Waals surface area contributed by atoms with Gasteiger partial charge in [-0.2, -0.15) is 0 Å². The topological polar surface area (TPSA) is 87.2 Å². The molecule has 0 bridgehead atoms. The second-order valence-electron chi connectivity index (χ2n) is 9.53. The molecule has 0 aliphatic carbocycles. The van der Waals surface area contributed by atoms with E-state index in [9.17, 15) is 19.5 Å². The second kappa shape index (κ2) is 8.86. The van der Waals surface area contributed by atoms with Gasteiger partial charge in [-0.3, -0.25) is 14.4 Å². The molecule has 6 atom stereocenters. The number of aliphatic hydroxyl groups excluding tert-OH is 1. The molecule has 7 nitrogen and oxygen atoms in total. The number of unbranched alkanes of at least 4 members (excludes halogenated alkanes) is 2. The summed E-state index contributed by atoms with van der Waals surface area (Å²) in [5, 5.41) is 9.93. The number of rotatable bonds is 6. The van der Waals surface area contributed by atoms with E-state index in [0.717, 1.165) is 19.3 Å². The van der Waals surface area contributed by atoms with Gasteiger partial charge in [0.05, 0.1) is 35.8 Å². The summed E-state index contributed by atoms with van der Waals surface area (Å²) >= 11 is 1.54. The Morgan fingerprint density at radius 2 is 1.97 bits per heavy atom. The maximum Gasteiger partial charge on any atom is 0.311 e. The van der Waals surface area contributed by atoms with Gasteiger partial charge in [0.15, 0.2) is 0 Å². The smallest absolute Gasteiger partial charge is 0.311 e. The molecule has 1 N–H and O–H groups in total. The number of cyclic esters (lactones) is 1. The van der Waals surface area contributed by atoms with Crippen LogP contribution in [-0.4, -0.2) is 80.6 Å². The Kier molecular flexibility index (Phi) is 6.47. The number of hydrogen-bond acceptors (Lipinski definition) is 6. The molecule has 2 amide bonds. The second-order valence-corrected chi connectivity index (χ2v) is 11.3. The normalized spacial score (nSPS) is 37.4. The molecule has 4 aliphatic rings. The van der Waals surface area contributed by atoms with Gasteiger partial charge >= 0.3 is 5.97 Å². The third-order valence-electron chi connectivity index (χ3n) is 7.31. The predicted molar refractivity (Wildman–Crippen MR) is 123 cm³/mol. The molecular formula is C24H34N2O5S. The molecule has 8 heteroatoms. The third-order valence-corrected chi connectivity index (χ3v) is 9.11. The first-order chi connectivity index (χ1) is 15.3. The van der Waals surface area contributed by atoms with Crippen molar-refractivity contribution in [2.45, 2.75) is 68.0 Å². The van der Waals surface area contributed by atoms with Crippen LogP contribution >= 0.6 is 11.8 Å². The molecular weight excluding hydrogens is 428 g/mol. The quantitative estimate of drug-likeness (QED) is 0.370. The van der Waals surface area contributed by atoms with Crippen molar-refractivity contribution in [3.8, 4) is 0 Å². The van der Waals surface area contributed by atoms with Crippen LogP contribution in [0.5, 0.6) is 0 Å². The van der Waals surface area contributed by atoms with Crippen LogP contribution in [0.1, 0.15) is 46.5 Å². The van der Waals surface area contributed by atoms with Gasteiger partial charge in [0.1, 0.15) is 6.04 Å². The first-order valence-corrected chi connectivity index (χ1v) is 12.6. The average molecular weight is 463 g/mol. The number of fused-ring (bicyclic) bond motifs is 2. The number of esters is 1. The number of hydrogen-bond donors (Lipinski definition) is 1. The Bertz CT molecular complexity index is 844. The van der Waals surface area contributed by atoms with Gasteiger partial charge in [-0.15, -0.1) is 11.8 Å². The van der Waals surface area contributed by atoms with Gasteiger partial charge < -0.3 is 19.6 Å². The van der Waals surface area contributed by atoms with Crippen LogP contribution in [0.25, 0.3) is 0 Å². The monoisotopic (exact) mass is 462 g/mol. The lowest BCUT2D eigenvalue weighted by Crippen LogP contribution is -2.56. The Hall–Kier alpha value is -1.80. The molecule has 0 radical (unpaired) electrons. The molecule has 32 heavy (non-hydrogen) atoms. The highest BCUT2D eigenvalue weighted by atomic mass is 32.2. The van der Waals surface area contributed by atoms with E-state index >= 15 is 0 Å². The fourth-order valence-corrected chi connectivity index (χ4v) is 7.93. The number of thioether (sulfide) groups is 1. The first kappa shape index (κ1) is 23.4. The molecule has 4 rings (SSSR count). The molecule has 0 saturated carbocycles. The maximum atomic E-state index is 13.9. The molecule has 4 aliphatic heterocycles. The first-order valence-electron chi connectivity index (χ1n) is 11.7. The van der Waals surface area contributed by atoms with Crippen molar-refractivity contribution in [3.63, 3.8) is 0 Å². The maximum absolute atomic E-state index is 13.9. The highest BCUT2D eigenvalue weighted by Gasteiger charge is 2.74. The standard InChI is InChI=1S/C24H34N2O5S/c1-4-5-7-12-25-13-9-11-24-17(20(28)26(16(2)15-27)19(24)21(25)29)18-22(30)31-14-8-6-10-23(18,3)32-24/h6,9-11,16-19,27H,4-5,7-8,12-15H2,1-3H3/t16-,17+,18+,19?,23-,24+/m1/s1. The molecule has 0 aromatic heterocycles. The number of ether oxygens (including phenoxy) is 1. The third kappa shape index (κ3) is 3.50. The number of carbonyl (C=O) groups excluding carboxylic acids is 3. The zero-order chi connectivity index (χ0) is 23.1. The summed E-state index contributed by atoms with van der Waals surface area (Å²) < 4.78 is 4.00. The predicted octanol–water partition coefficient (Wildman–Crippen LogP) is 2.15. The van der Waals surface area contributed by atoms with Crippen molar-refractivity contribution < 1.29 is 24.2 Å². The number of amides is 2. The minimum atomic E-state index is -0.871. The average Bonchev–Trinajstić information content (AvgIpc) is 3.09. The van der Waals surface area contributed by atoms with E-state index in [1.807, 2.05) is 36.1 Å². The summed E-state index contributed by atoms with van der Waals surface area (Å²) in [5.41, 5.74) is 0. The number of likely N-dealkylation sites (tertiary alicyclic amines) is 1. The molecule has 1 unspecified atom stereocenters. The minimum Gasteiger partial charge on any atom is -0.465 e. The highest BCUT2D eigenvalue weighted by molar-refractivity contribution is 8.02. The molecule has 2 saturated heterocycles. The van der Waals surface area contributed by atoms with Crippen LogP contribution in [0.4, 0.5) is 0 Å². The number of nitrogens with zero attached hydrogens (tertiary/aromatic N) is 2. The van der Waals surface area contributed by atoms with Gasteiger partial charge in [0, 0.05) is 17.8 Å². The lowest BCUT2D eigenvalue weighted by Gasteiger charge is -2.39. The zero-order valence-corrected chi connectivity index (χ0v) is 20.0. The fourth-order valence-electron chi connectivity index (χ4n) is 5.79. The van der Waals surface area contributed by atoms with Gasteiger partial charge in [-0.05, 0) is 26.7 Å². The Morgan fingerprint density at radius 3 is 2.69 bits per heavy atom. The lowest BCUT2D eigenvalue weighted by atomic mass is 9.74. The van der Waals surface area contributed by atoms with E-state index in [-0.39, 0.29) is 24.4 Å². The molecule has 176 valence electrons. The van der Waals surface area contributed by atoms with Crippen molar-refractivity contribution >= 4 is 29.5 Å². The van der Waals surface area contributed by atoms with Crippen LogP contribution in [0.3, 0.4) is 0 Å². The van der Waals surface area contributed by atoms with Gasteiger partial charge in [0.2, 0.25) is 11.8 Å². The van der Waals surface area contributed by atoms with E-state index in [0.29, 0.717) is 26.1 Å². The summed E-state index contributed by atoms with van der Waals surface area (Å²) in [7, 11) is 0. The Balaban J connectivity index is 1.81. The summed E-state index contributed by atoms with van der Waals surface area (Å²) in [6, 6.07) is -1.27. The zero-order valence-electron chi connectivity index (χ0n) is 19.2. The molecule has 2 fully saturated rings. The Morgan fingerprint density at radius 1 is 1.19 bits per heavy atom. The van der Waals surface area contributed by atoms with Crippen molar-refractivity contribution in [1.29, 1.82) is 0 Å². The van der Waals surface area contributed by atoms with E-state index in [1.165, 1.54) is 0 Å². The van der Waals surface area contributed by atoms with Crippen molar-refractivity contribution in [1.82, 2.24) is 9.80 Å². The van der Waals surface area contributed by atoms with E-state index < -0.39 is 33.4 Å². The SMILES string of the molecule is CCCCCN1CC=C[C@]23S[C@]4(C)C=CCCOC(=O)[C@@H]4[C@H]2C(=O)N([C@H](C)CO)C3C1=O. The fraction of sp³-hybridized carbons (Fsp3) is 0.708. The largest absolute Gasteiger partial charge is 0.465 e. The number of carbonyl (C=O) groups is 3. The van der Waals surface area contributed by atoms with Crippen molar-refractivity contribution in [2.75, 3.05) is 26.3 Å². The van der Waals surface area contributed by atoms with Crippen LogP contribution in [0.15, 0.2) is 24.3 Å². The summed E-state index contributed by atoms with van der Waals surface area (Å²) in [5.74, 6) is -2.09. The molecule has 0 aromatic rings. The summed E-state index contributed by atoms with van der Waals surface area (Å²) in [4.78, 5) is 44.3. The molecule has 4 heterocycles. The van der Waals surface area contributed by atoms with Crippen molar-refractivity contribution in [2.24, 2.45) is 11.8 Å². The van der Waals surface area contributed by atoms with E-state index in [4.69, 9.17) is 4.74 Å². The van der Waals surface area contributed by atoms with Gasteiger partial charge in [-0.25, -0.2) is 0 Å². The summed E-state index contributed by atoms with van der Waals surface area (Å²) in [6.07, 6.45) is 11.7. The molecule has 1 spiro atoms. The number of aliphatic hydroxyl groups is 1. The van der Waals surface area contributed by atoms with Crippen LogP contribution < -0.4 is 0 Å². The van der Waals surface area contributed by atoms with Crippen LogP contribution in [-0.2, 0) is 19.1 Å². The van der Waals surface area contributed by atoms with Gasteiger partial charge in [0.25, 0.3) is 0 Å². The van der Waals surface area contributed by atoms with E-state index in [1.54, 1.807) is 23.6 Å². The van der Waals surface area contributed by atoms with Crippen molar-refractivity contribution in [3.05, 3.63) is 24.3 Å². The molecule has 0 aromatic carbocycles. The van der Waals surface area contributed by atoms with Gasteiger partial charge in [-0.1, -0.05) is 44.1 Å². The highest BCUT2D eigenvalue weighted by Crippen LogP contribution is 2.65. The van der Waals surface area contributed by atoms with E-state index in [2.05, 4.69) is 6.92 Å². The summed E-state index contributed by atoms with van der Waals surface area (Å²) in [6.45, 7) is 7.04. The minimum absolute atomic E-state index is 0.0926. The van der Waals surface area contributed by atoms with Crippen LogP contribution in [0, 0.1) is 11.8 Å².